The van der Waals surface area contributed by atoms with E-state index in [1.807, 2.05) is 35.0 Å². The summed E-state index contributed by atoms with van der Waals surface area (Å²) >= 11 is 0. The molecule has 0 aliphatic rings. The molecule has 1 aromatic carbocycles. The van der Waals surface area contributed by atoms with Crippen LogP contribution in [0.3, 0.4) is 0 Å². The van der Waals surface area contributed by atoms with Gasteiger partial charge in [0.15, 0.2) is 0 Å². The molecule has 4 heteroatoms. The van der Waals surface area contributed by atoms with Crippen molar-refractivity contribution in [3.63, 3.8) is 0 Å². The average Bonchev–Trinajstić information content (AvgIpc) is 2.76. The summed E-state index contributed by atoms with van der Waals surface area (Å²) in [6, 6.07) is 10.4. The van der Waals surface area contributed by atoms with E-state index in [9.17, 15) is 4.39 Å². The number of halogens is 1. The molecule has 3 nitrogen and oxygen atoms in total. The third-order valence-corrected chi connectivity index (χ3v) is 2.66. The molecule has 3 aromatic rings. The van der Waals surface area contributed by atoms with E-state index in [0.29, 0.717) is 0 Å². The SMILES string of the molecule is Nc1cc(-c2cn3ccccc3n2)ccc1F. The molecule has 0 aliphatic carbocycles. The Hall–Kier alpha value is -2.36. The van der Waals surface area contributed by atoms with Gasteiger partial charge in [-0.2, -0.15) is 0 Å². The van der Waals surface area contributed by atoms with Gasteiger partial charge >= 0.3 is 0 Å². The lowest BCUT2D eigenvalue weighted by Crippen LogP contribution is -1.90. The molecule has 2 aromatic heterocycles. The van der Waals surface area contributed by atoms with E-state index in [2.05, 4.69) is 4.98 Å². The molecule has 0 bridgehead atoms. The number of anilines is 1. The third-order valence-electron chi connectivity index (χ3n) is 2.66. The van der Waals surface area contributed by atoms with Gasteiger partial charge in [0.25, 0.3) is 0 Å². The fourth-order valence-corrected chi connectivity index (χ4v) is 1.78. The zero-order valence-corrected chi connectivity index (χ0v) is 8.97. The minimum Gasteiger partial charge on any atom is -0.396 e. The zero-order valence-electron chi connectivity index (χ0n) is 8.97. The third kappa shape index (κ3) is 1.63. The predicted molar refractivity (Wildman–Crippen MR) is 65.0 cm³/mol. The largest absolute Gasteiger partial charge is 0.396 e. The molecule has 0 saturated heterocycles. The molecule has 84 valence electrons. The first-order valence-corrected chi connectivity index (χ1v) is 5.23. The second-order valence-corrected chi connectivity index (χ2v) is 3.83. The van der Waals surface area contributed by atoms with Crippen LogP contribution in [-0.2, 0) is 0 Å². The van der Waals surface area contributed by atoms with Crippen LogP contribution < -0.4 is 5.73 Å². The molecular formula is C13H10FN3. The Kier molecular flexibility index (Phi) is 2.08. The Morgan fingerprint density at radius 2 is 2.06 bits per heavy atom. The normalized spacial score (nSPS) is 10.9. The summed E-state index contributed by atoms with van der Waals surface area (Å²) in [4.78, 5) is 4.44. The highest BCUT2D eigenvalue weighted by Gasteiger charge is 2.06. The van der Waals surface area contributed by atoms with Gasteiger partial charge in [-0.1, -0.05) is 6.07 Å². The fraction of sp³-hybridized carbons (Fsp3) is 0. The number of fused-ring (bicyclic) bond motifs is 1. The molecule has 0 spiro atoms. The quantitative estimate of drug-likeness (QED) is 0.649. The number of imidazole rings is 1. The van der Waals surface area contributed by atoms with Crippen LogP contribution in [0.25, 0.3) is 16.9 Å². The number of nitrogens with zero attached hydrogens (tertiary/aromatic N) is 2. The van der Waals surface area contributed by atoms with Crippen LogP contribution in [0.5, 0.6) is 0 Å². The van der Waals surface area contributed by atoms with Crippen LogP contribution in [0.4, 0.5) is 10.1 Å². The molecule has 2 heterocycles. The Labute approximate surface area is 97.3 Å². The summed E-state index contributed by atoms with van der Waals surface area (Å²) in [5, 5.41) is 0. The van der Waals surface area contributed by atoms with Crippen LogP contribution in [-0.4, -0.2) is 9.38 Å². The number of benzene rings is 1. The second-order valence-electron chi connectivity index (χ2n) is 3.83. The fourth-order valence-electron chi connectivity index (χ4n) is 1.78. The molecule has 3 rings (SSSR count). The predicted octanol–water partition coefficient (Wildman–Crippen LogP) is 2.72. The van der Waals surface area contributed by atoms with Gasteiger partial charge in [0, 0.05) is 18.0 Å². The molecule has 0 atom stereocenters. The van der Waals surface area contributed by atoms with Crippen molar-refractivity contribution in [1.82, 2.24) is 9.38 Å². The minimum absolute atomic E-state index is 0.138. The topological polar surface area (TPSA) is 43.3 Å². The van der Waals surface area contributed by atoms with Gasteiger partial charge in [0.1, 0.15) is 11.5 Å². The average molecular weight is 227 g/mol. The van der Waals surface area contributed by atoms with Crippen molar-refractivity contribution >= 4 is 11.3 Å². The lowest BCUT2D eigenvalue weighted by molar-refractivity contribution is 0.632. The molecule has 0 saturated carbocycles. The number of rotatable bonds is 1. The van der Waals surface area contributed by atoms with E-state index < -0.39 is 5.82 Å². The summed E-state index contributed by atoms with van der Waals surface area (Å²) in [5.74, 6) is -0.405. The van der Waals surface area contributed by atoms with Crippen molar-refractivity contribution in [3.8, 4) is 11.3 Å². The Bertz CT molecular complexity index is 655. The van der Waals surface area contributed by atoms with Gasteiger partial charge in [-0.05, 0) is 30.3 Å². The molecule has 17 heavy (non-hydrogen) atoms. The first-order valence-electron chi connectivity index (χ1n) is 5.23. The van der Waals surface area contributed by atoms with E-state index in [-0.39, 0.29) is 5.69 Å². The lowest BCUT2D eigenvalue weighted by Gasteiger charge is -1.99. The van der Waals surface area contributed by atoms with Crippen LogP contribution >= 0.6 is 0 Å². The zero-order chi connectivity index (χ0) is 11.8. The van der Waals surface area contributed by atoms with Crippen molar-refractivity contribution in [3.05, 3.63) is 54.6 Å². The first kappa shape index (κ1) is 9.84. The van der Waals surface area contributed by atoms with E-state index in [4.69, 9.17) is 5.73 Å². The van der Waals surface area contributed by atoms with Gasteiger partial charge in [-0.3, -0.25) is 0 Å². The summed E-state index contributed by atoms with van der Waals surface area (Å²) in [5.41, 5.74) is 8.13. The second kappa shape index (κ2) is 3.59. The number of hydrogen-bond acceptors (Lipinski definition) is 2. The lowest BCUT2D eigenvalue weighted by atomic mass is 10.1. The highest BCUT2D eigenvalue weighted by Crippen LogP contribution is 2.22. The summed E-state index contributed by atoms with van der Waals surface area (Å²) in [6.07, 6.45) is 3.81. The van der Waals surface area contributed by atoms with E-state index >= 15 is 0 Å². The number of nitrogens with two attached hydrogens (primary N) is 1. The van der Waals surface area contributed by atoms with E-state index in [1.165, 1.54) is 6.07 Å². The highest BCUT2D eigenvalue weighted by molar-refractivity contribution is 5.66. The number of pyridine rings is 1. The van der Waals surface area contributed by atoms with Gasteiger partial charge in [-0.15, -0.1) is 0 Å². The molecule has 0 fully saturated rings. The van der Waals surface area contributed by atoms with E-state index in [1.54, 1.807) is 12.1 Å². The smallest absolute Gasteiger partial charge is 0.146 e. The first-order chi connectivity index (χ1) is 8.24. The Morgan fingerprint density at radius 1 is 1.18 bits per heavy atom. The number of nitrogen functional groups attached to an aromatic ring is 1. The van der Waals surface area contributed by atoms with Crippen LogP contribution in [0.1, 0.15) is 0 Å². The highest BCUT2D eigenvalue weighted by atomic mass is 19.1. The van der Waals surface area contributed by atoms with E-state index in [0.717, 1.165) is 16.9 Å². The van der Waals surface area contributed by atoms with Crippen LogP contribution in [0, 0.1) is 5.82 Å². The Morgan fingerprint density at radius 3 is 2.82 bits per heavy atom. The van der Waals surface area contributed by atoms with Crippen molar-refractivity contribution < 1.29 is 4.39 Å². The van der Waals surface area contributed by atoms with Crippen LogP contribution in [0.15, 0.2) is 48.8 Å². The monoisotopic (exact) mass is 227 g/mol. The summed E-state index contributed by atoms with van der Waals surface area (Å²) in [7, 11) is 0. The molecule has 0 aliphatic heterocycles. The van der Waals surface area contributed by atoms with Crippen molar-refractivity contribution in [2.45, 2.75) is 0 Å². The van der Waals surface area contributed by atoms with Crippen molar-refractivity contribution in [2.24, 2.45) is 0 Å². The number of aromatic nitrogens is 2. The maximum Gasteiger partial charge on any atom is 0.146 e. The van der Waals surface area contributed by atoms with Gasteiger partial charge in [-0.25, -0.2) is 9.37 Å². The molecule has 0 amide bonds. The standard InChI is InChI=1S/C13H10FN3/c14-10-5-4-9(7-11(10)15)12-8-17-6-2-1-3-13(17)16-12/h1-8H,15H2. The maximum absolute atomic E-state index is 13.1. The molecule has 0 unspecified atom stereocenters. The molecule has 0 radical (unpaired) electrons. The summed E-state index contributed by atoms with van der Waals surface area (Å²) < 4.78 is 15.0. The van der Waals surface area contributed by atoms with Crippen molar-refractivity contribution in [2.75, 3.05) is 5.73 Å². The van der Waals surface area contributed by atoms with Gasteiger partial charge in [0.05, 0.1) is 11.4 Å². The van der Waals surface area contributed by atoms with Crippen LogP contribution in [0.2, 0.25) is 0 Å². The minimum atomic E-state index is -0.405. The Balaban J connectivity index is 2.17. The van der Waals surface area contributed by atoms with Crippen molar-refractivity contribution in [1.29, 1.82) is 0 Å². The molecular weight excluding hydrogens is 217 g/mol. The van der Waals surface area contributed by atoms with Gasteiger partial charge in [0.2, 0.25) is 0 Å². The molecule has 2 N–H and O–H groups in total. The summed E-state index contributed by atoms with van der Waals surface area (Å²) in [6.45, 7) is 0. The number of hydrogen-bond donors (Lipinski definition) is 1. The van der Waals surface area contributed by atoms with Gasteiger partial charge < -0.3 is 10.1 Å². The maximum atomic E-state index is 13.1.